The van der Waals surface area contributed by atoms with E-state index in [-0.39, 0.29) is 24.1 Å². The molecule has 0 saturated heterocycles. The number of carbonyl (C=O) groups is 1. The molecule has 2 N–H and O–H groups in total. The third-order valence-electron chi connectivity index (χ3n) is 4.02. The van der Waals surface area contributed by atoms with Crippen molar-refractivity contribution in [1.82, 2.24) is 5.32 Å². The number of methoxy groups -OCH3 is 1. The summed E-state index contributed by atoms with van der Waals surface area (Å²) in [5, 5.41) is 13.8. The van der Waals surface area contributed by atoms with E-state index in [9.17, 15) is 9.90 Å². The van der Waals surface area contributed by atoms with Crippen molar-refractivity contribution >= 4 is 16.9 Å². The Morgan fingerprint density at radius 3 is 2.95 bits per heavy atom. The molecule has 0 spiro atoms. The number of hydrogen-bond acceptors (Lipinski definition) is 4. The first-order valence-corrected chi connectivity index (χ1v) is 7.08. The Bertz CT molecular complexity index is 670. The highest BCUT2D eigenvalue weighted by Gasteiger charge is 2.40. The fourth-order valence-corrected chi connectivity index (χ4v) is 2.50. The summed E-state index contributed by atoms with van der Waals surface area (Å²) in [7, 11) is 1.56. The van der Waals surface area contributed by atoms with E-state index in [0.717, 1.165) is 18.2 Å². The van der Waals surface area contributed by atoms with Gasteiger partial charge in [0.15, 0.2) is 17.1 Å². The SMILES string of the molecule is COc1cccc2cc(C(=O)NCC(C)(O)C3CC3)oc12. The molecule has 1 unspecified atom stereocenters. The monoisotopic (exact) mass is 289 g/mol. The fraction of sp³-hybridized carbons (Fsp3) is 0.438. The smallest absolute Gasteiger partial charge is 0.287 e. The van der Waals surface area contributed by atoms with E-state index in [2.05, 4.69) is 5.32 Å². The predicted molar refractivity (Wildman–Crippen MR) is 78.4 cm³/mol. The van der Waals surface area contributed by atoms with Crippen LogP contribution in [0.25, 0.3) is 11.0 Å². The predicted octanol–water partition coefficient (Wildman–Crippen LogP) is 2.33. The van der Waals surface area contributed by atoms with E-state index in [0.29, 0.717) is 11.3 Å². The number of ether oxygens (including phenoxy) is 1. The molecule has 21 heavy (non-hydrogen) atoms. The maximum absolute atomic E-state index is 12.1. The van der Waals surface area contributed by atoms with Crippen LogP contribution in [0.3, 0.4) is 0 Å². The van der Waals surface area contributed by atoms with Gasteiger partial charge in [0.25, 0.3) is 5.91 Å². The lowest BCUT2D eigenvalue weighted by Gasteiger charge is -2.22. The summed E-state index contributed by atoms with van der Waals surface area (Å²) in [6.07, 6.45) is 2.04. The molecule has 3 rings (SSSR count). The second-order valence-electron chi connectivity index (χ2n) is 5.80. The number of carbonyl (C=O) groups excluding carboxylic acids is 1. The molecule has 1 atom stereocenters. The number of hydrogen-bond donors (Lipinski definition) is 2. The maximum Gasteiger partial charge on any atom is 0.287 e. The average molecular weight is 289 g/mol. The van der Waals surface area contributed by atoms with Gasteiger partial charge in [0.2, 0.25) is 0 Å². The lowest BCUT2D eigenvalue weighted by molar-refractivity contribution is 0.0350. The zero-order valence-corrected chi connectivity index (χ0v) is 12.2. The molecule has 1 heterocycles. The molecule has 1 aliphatic rings. The van der Waals surface area contributed by atoms with Gasteiger partial charge in [-0.2, -0.15) is 0 Å². The lowest BCUT2D eigenvalue weighted by atomic mass is 10.0. The van der Waals surface area contributed by atoms with Crippen LogP contribution in [0, 0.1) is 5.92 Å². The molecule has 112 valence electrons. The lowest BCUT2D eigenvalue weighted by Crippen LogP contribution is -2.42. The van der Waals surface area contributed by atoms with Crippen molar-refractivity contribution in [3.63, 3.8) is 0 Å². The Kier molecular flexibility index (Phi) is 3.37. The Hall–Kier alpha value is -2.01. The minimum Gasteiger partial charge on any atom is -0.493 e. The molecule has 0 aliphatic heterocycles. The number of benzene rings is 1. The minimum absolute atomic E-state index is 0.223. The van der Waals surface area contributed by atoms with Gasteiger partial charge in [-0.05, 0) is 37.8 Å². The topological polar surface area (TPSA) is 71.7 Å². The highest BCUT2D eigenvalue weighted by Crippen LogP contribution is 2.39. The normalized spacial score (nSPS) is 17.5. The van der Waals surface area contributed by atoms with Gasteiger partial charge in [-0.1, -0.05) is 12.1 Å². The van der Waals surface area contributed by atoms with Gasteiger partial charge in [0, 0.05) is 11.9 Å². The van der Waals surface area contributed by atoms with E-state index in [4.69, 9.17) is 9.15 Å². The van der Waals surface area contributed by atoms with Crippen molar-refractivity contribution in [1.29, 1.82) is 0 Å². The van der Waals surface area contributed by atoms with Crippen LogP contribution in [0.2, 0.25) is 0 Å². The fourth-order valence-electron chi connectivity index (χ4n) is 2.50. The summed E-state index contributed by atoms with van der Waals surface area (Å²) in [6, 6.07) is 7.17. The van der Waals surface area contributed by atoms with Crippen molar-refractivity contribution in [3.05, 3.63) is 30.0 Å². The number of furan rings is 1. The summed E-state index contributed by atoms with van der Waals surface area (Å²) >= 11 is 0. The number of para-hydroxylation sites is 1. The van der Waals surface area contributed by atoms with Crippen molar-refractivity contribution in [2.75, 3.05) is 13.7 Å². The van der Waals surface area contributed by atoms with Crippen LogP contribution in [-0.2, 0) is 0 Å². The number of rotatable bonds is 5. The third kappa shape index (κ3) is 2.74. The molecule has 1 aliphatic carbocycles. The Balaban J connectivity index is 1.75. The zero-order chi connectivity index (χ0) is 15.0. The average Bonchev–Trinajstić information content (AvgIpc) is 3.24. The van der Waals surface area contributed by atoms with Gasteiger partial charge in [-0.25, -0.2) is 0 Å². The second kappa shape index (κ2) is 5.07. The summed E-state index contributed by atoms with van der Waals surface area (Å²) in [5.74, 6) is 0.778. The van der Waals surface area contributed by atoms with E-state index in [1.807, 2.05) is 12.1 Å². The van der Waals surface area contributed by atoms with Gasteiger partial charge < -0.3 is 19.6 Å². The molecule has 1 amide bonds. The van der Waals surface area contributed by atoms with Crippen LogP contribution in [0.5, 0.6) is 5.75 Å². The Morgan fingerprint density at radius 1 is 1.52 bits per heavy atom. The summed E-state index contributed by atoms with van der Waals surface area (Å²) < 4.78 is 10.8. The van der Waals surface area contributed by atoms with Crippen LogP contribution in [-0.4, -0.2) is 30.3 Å². The van der Waals surface area contributed by atoms with E-state index in [1.165, 1.54) is 0 Å². The van der Waals surface area contributed by atoms with Crippen LogP contribution in [0.1, 0.15) is 30.3 Å². The Morgan fingerprint density at radius 2 is 2.29 bits per heavy atom. The van der Waals surface area contributed by atoms with Crippen molar-refractivity contribution in [3.8, 4) is 5.75 Å². The third-order valence-corrected chi connectivity index (χ3v) is 4.02. The highest BCUT2D eigenvalue weighted by atomic mass is 16.5. The maximum atomic E-state index is 12.1. The standard InChI is InChI=1S/C16H19NO4/c1-16(19,11-6-7-11)9-17-15(18)13-8-10-4-3-5-12(20-2)14(10)21-13/h3-5,8,11,19H,6-7,9H2,1-2H3,(H,17,18). The van der Waals surface area contributed by atoms with E-state index < -0.39 is 5.60 Å². The van der Waals surface area contributed by atoms with E-state index >= 15 is 0 Å². The minimum atomic E-state index is -0.848. The zero-order valence-electron chi connectivity index (χ0n) is 12.2. The first kappa shape index (κ1) is 13.9. The van der Waals surface area contributed by atoms with Crippen molar-refractivity contribution < 1.29 is 19.1 Å². The molecular weight excluding hydrogens is 270 g/mol. The van der Waals surface area contributed by atoms with Crippen molar-refractivity contribution in [2.45, 2.75) is 25.4 Å². The quantitative estimate of drug-likeness (QED) is 0.886. The first-order valence-electron chi connectivity index (χ1n) is 7.08. The molecule has 1 aromatic carbocycles. The van der Waals surface area contributed by atoms with Gasteiger partial charge >= 0.3 is 0 Å². The molecule has 1 saturated carbocycles. The van der Waals surface area contributed by atoms with Gasteiger partial charge in [-0.3, -0.25) is 4.79 Å². The number of amides is 1. The molecule has 1 aromatic heterocycles. The molecule has 1 fully saturated rings. The molecular formula is C16H19NO4. The van der Waals surface area contributed by atoms with Gasteiger partial charge in [-0.15, -0.1) is 0 Å². The van der Waals surface area contributed by atoms with Gasteiger partial charge in [0.05, 0.1) is 12.7 Å². The number of aliphatic hydroxyl groups is 1. The Labute approximate surface area is 122 Å². The summed E-state index contributed by atoms with van der Waals surface area (Å²) in [4.78, 5) is 12.1. The van der Waals surface area contributed by atoms with Crippen LogP contribution >= 0.6 is 0 Å². The van der Waals surface area contributed by atoms with Gasteiger partial charge in [0.1, 0.15) is 0 Å². The summed E-state index contributed by atoms with van der Waals surface area (Å²) in [5.41, 5.74) is -0.293. The van der Waals surface area contributed by atoms with Crippen LogP contribution < -0.4 is 10.1 Å². The van der Waals surface area contributed by atoms with Crippen molar-refractivity contribution in [2.24, 2.45) is 5.92 Å². The van der Waals surface area contributed by atoms with Crippen LogP contribution in [0.4, 0.5) is 0 Å². The number of nitrogens with one attached hydrogen (secondary N) is 1. The first-order chi connectivity index (χ1) is 10.0. The van der Waals surface area contributed by atoms with E-state index in [1.54, 1.807) is 26.2 Å². The molecule has 5 nitrogen and oxygen atoms in total. The summed E-state index contributed by atoms with van der Waals surface area (Å²) in [6.45, 7) is 1.98. The second-order valence-corrected chi connectivity index (χ2v) is 5.80. The number of fused-ring (bicyclic) bond motifs is 1. The highest BCUT2D eigenvalue weighted by molar-refractivity contribution is 5.97. The molecule has 0 radical (unpaired) electrons. The molecule has 0 bridgehead atoms. The largest absolute Gasteiger partial charge is 0.493 e. The van der Waals surface area contributed by atoms with Crippen LogP contribution in [0.15, 0.2) is 28.7 Å². The molecule has 5 heteroatoms. The molecule has 2 aromatic rings.